The zero-order chi connectivity index (χ0) is 0. The summed E-state index contributed by atoms with van der Waals surface area (Å²) in [6, 6.07) is 0. The molecule has 4 heavy (non-hydrogen) atoms. The van der Waals surface area contributed by atoms with E-state index in [1.54, 1.807) is 0 Å². The SMILES string of the molecule is [Ca+2].[Cl-].[Mg+2].[O-2]. The zero-order valence-corrected chi connectivity index (χ0v) is 6.58. The van der Waals surface area contributed by atoms with Crippen LogP contribution in [0.3, 0.4) is 0 Å². The smallest absolute Gasteiger partial charge is 2.00 e. The van der Waals surface area contributed by atoms with Crippen molar-refractivity contribution in [1.29, 1.82) is 0 Å². The fourth-order valence-electron chi connectivity index (χ4n) is 0. The van der Waals surface area contributed by atoms with Crippen LogP contribution in [0.25, 0.3) is 0 Å². The average Bonchev–Trinajstić information content (AvgIpc) is 0. The van der Waals surface area contributed by atoms with E-state index in [-0.39, 0.29) is 78.7 Å². The molecule has 0 atom stereocenters. The number of halogens is 1. The van der Waals surface area contributed by atoms with Crippen LogP contribution in [0.5, 0.6) is 0 Å². The third-order valence-corrected chi connectivity index (χ3v) is 0. The topological polar surface area (TPSA) is 28.5 Å². The Balaban J connectivity index is 0. The number of hydrogen-bond acceptors (Lipinski definition) is 0. The first kappa shape index (κ1) is 33.7. The maximum Gasteiger partial charge on any atom is 2.00 e. The van der Waals surface area contributed by atoms with E-state index in [0.717, 1.165) is 0 Å². The predicted molar refractivity (Wildman–Crippen MR) is 12.2 cm³/mol. The first-order chi connectivity index (χ1) is 0. The molecule has 0 aliphatic carbocycles. The van der Waals surface area contributed by atoms with Gasteiger partial charge in [-0.1, -0.05) is 0 Å². The third kappa shape index (κ3) is 8.86. The molecule has 0 radical (unpaired) electrons. The van der Waals surface area contributed by atoms with Gasteiger partial charge in [-0.25, -0.2) is 0 Å². The van der Waals surface area contributed by atoms with E-state index < -0.39 is 0 Å². The van der Waals surface area contributed by atoms with Gasteiger partial charge in [0, 0.05) is 0 Å². The Labute approximate surface area is 77.4 Å². The molecule has 0 rings (SSSR count). The van der Waals surface area contributed by atoms with Crippen LogP contribution in [0.1, 0.15) is 0 Å². The zero-order valence-electron chi connectivity index (χ0n) is 2.20. The van der Waals surface area contributed by atoms with Crippen LogP contribution < -0.4 is 12.4 Å². The molecule has 0 aromatic heterocycles. The van der Waals surface area contributed by atoms with Gasteiger partial charge in [-0.05, 0) is 0 Å². The molecule has 0 aromatic carbocycles. The largest absolute Gasteiger partial charge is 2.00 e. The van der Waals surface area contributed by atoms with E-state index in [2.05, 4.69) is 0 Å². The van der Waals surface area contributed by atoms with Crippen LogP contribution in [0.15, 0.2) is 0 Å². The third-order valence-electron chi connectivity index (χ3n) is 0. The van der Waals surface area contributed by atoms with Crippen LogP contribution in [0.4, 0.5) is 0 Å². The minimum atomic E-state index is 0. The second-order valence-corrected chi connectivity index (χ2v) is 0. The molecule has 4 heteroatoms. The van der Waals surface area contributed by atoms with Crippen LogP contribution in [0, 0.1) is 0 Å². The summed E-state index contributed by atoms with van der Waals surface area (Å²) in [5.41, 5.74) is 0. The van der Waals surface area contributed by atoms with Crippen molar-refractivity contribution in [3.8, 4) is 0 Å². The van der Waals surface area contributed by atoms with Crippen molar-refractivity contribution in [2.75, 3.05) is 0 Å². The summed E-state index contributed by atoms with van der Waals surface area (Å²) in [7, 11) is 0. The predicted octanol–water partition coefficient (Wildman–Crippen LogP) is -3.88. The fraction of sp³-hybridized carbons (Fsp3) is 0. The molecule has 0 N–H and O–H groups in total. The molecular formula is CaClMgO+. The van der Waals surface area contributed by atoms with Gasteiger partial charge in [0.15, 0.2) is 0 Å². The summed E-state index contributed by atoms with van der Waals surface area (Å²) in [4.78, 5) is 0. The second kappa shape index (κ2) is 18.6. The van der Waals surface area contributed by atoms with Gasteiger partial charge in [0.05, 0.1) is 0 Å². The Kier molecular flexibility index (Phi) is 157. The maximum absolute atomic E-state index is 0. The van der Waals surface area contributed by atoms with Gasteiger partial charge in [0.1, 0.15) is 0 Å². The van der Waals surface area contributed by atoms with Crippen molar-refractivity contribution in [2.24, 2.45) is 0 Å². The van der Waals surface area contributed by atoms with Crippen molar-refractivity contribution >= 4 is 60.8 Å². The first-order valence-corrected chi connectivity index (χ1v) is 0. The van der Waals surface area contributed by atoms with E-state index >= 15 is 0 Å². The molecule has 0 spiro atoms. The normalized spacial score (nSPS) is 0. The second-order valence-electron chi connectivity index (χ2n) is 0. The van der Waals surface area contributed by atoms with Crippen molar-refractivity contribution in [1.82, 2.24) is 0 Å². The molecule has 0 saturated heterocycles. The summed E-state index contributed by atoms with van der Waals surface area (Å²) in [5, 5.41) is 0. The summed E-state index contributed by atoms with van der Waals surface area (Å²) in [6.45, 7) is 0. The Morgan fingerprint density at radius 3 is 1.00 bits per heavy atom. The van der Waals surface area contributed by atoms with Gasteiger partial charge in [-0.15, -0.1) is 0 Å². The van der Waals surface area contributed by atoms with Gasteiger partial charge < -0.3 is 17.9 Å². The van der Waals surface area contributed by atoms with Gasteiger partial charge in [0.2, 0.25) is 0 Å². The summed E-state index contributed by atoms with van der Waals surface area (Å²) < 4.78 is 0. The molecular weight excluding hydrogens is 116 g/mol. The Hall–Kier alpha value is 2.28. The minimum Gasteiger partial charge on any atom is -2.00 e. The molecule has 0 saturated carbocycles. The number of hydrogen-bond donors (Lipinski definition) is 0. The summed E-state index contributed by atoms with van der Waals surface area (Å²) >= 11 is 0. The van der Waals surface area contributed by atoms with E-state index in [9.17, 15) is 0 Å². The van der Waals surface area contributed by atoms with E-state index in [4.69, 9.17) is 0 Å². The standard InChI is InChI=1S/Ca.ClH.Mg.O/h;1H;;/q+2;;+2;-2/p-1. The van der Waals surface area contributed by atoms with Gasteiger partial charge >= 0.3 is 60.8 Å². The van der Waals surface area contributed by atoms with Crippen LogP contribution >= 0.6 is 0 Å². The van der Waals surface area contributed by atoms with Crippen molar-refractivity contribution in [3.63, 3.8) is 0 Å². The summed E-state index contributed by atoms with van der Waals surface area (Å²) in [5.74, 6) is 0. The molecule has 0 aromatic rings. The molecule has 16 valence electrons. The van der Waals surface area contributed by atoms with Crippen LogP contribution in [-0.2, 0) is 5.48 Å². The van der Waals surface area contributed by atoms with E-state index in [1.807, 2.05) is 0 Å². The molecule has 1 nitrogen and oxygen atoms in total. The van der Waals surface area contributed by atoms with Crippen LogP contribution in [-0.4, -0.2) is 60.8 Å². The quantitative estimate of drug-likeness (QED) is 0.289. The van der Waals surface area contributed by atoms with Gasteiger partial charge in [-0.2, -0.15) is 0 Å². The molecule has 0 aliphatic rings. The first-order valence-electron chi connectivity index (χ1n) is 0. The maximum atomic E-state index is 0. The Morgan fingerprint density at radius 1 is 1.00 bits per heavy atom. The van der Waals surface area contributed by atoms with Crippen LogP contribution in [0.2, 0.25) is 0 Å². The van der Waals surface area contributed by atoms with E-state index in [1.165, 1.54) is 0 Å². The number of rotatable bonds is 0. The molecule has 0 fully saturated rings. The van der Waals surface area contributed by atoms with E-state index in [0.29, 0.717) is 0 Å². The average molecular weight is 116 g/mol. The van der Waals surface area contributed by atoms with Crippen molar-refractivity contribution < 1.29 is 17.9 Å². The Morgan fingerprint density at radius 2 is 1.00 bits per heavy atom. The molecule has 0 amide bonds. The molecule has 0 heterocycles. The summed E-state index contributed by atoms with van der Waals surface area (Å²) in [6.07, 6.45) is 0. The van der Waals surface area contributed by atoms with Gasteiger partial charge in [0.25, 0.3) is 0 Å². The minimum absolute atomic E-state index is 0. The molecule has 0 aliphatic heterocycles. The Bertz CT molecular complexity index is 8.00. The van der Waals surface area contributed by atoms with Crippen molar-refractivity contribution in [2.45, 2.75) is 0 Å². The monoisotopic (exact) mass is 115 g/mol. The molecule has 0 bridgehead atoms. The molecule has 0 unspecified atom stereocenters. The van der Waals surface area contributed by atoms with Gasteiger partial charge in [-0.3, -0.25) is 0 Å². The van der Waals surface area contributed by atoms with Crippen molar-refractivity contribution in [3.05, 3.63) is 0 Å². The fourth-order valence-corrected chi connectivity index (χ4v) is 0.